The molecule has 1 aromatic rings. The number of nitrogens with zero attached hydrogens (tertiary/aromatic N) is 2. The number of hydrogen-bond acceptors (Lipinski definition) is 4. The topological polar surface area (TPSA) is 47.0 Å². The summed E-state index contributed by atoms with van der Waals surface area (Å²) in [6.45, 7) is 5.98. The van der Waals surface area contributed by atoms with E-state index in [4.69, 9.17) is 4.74 Å². The van der Waals surface area contributed by atoms with E-state index in [1.807, 2.05) is 0 Å². The average Bonchev–Trinajstić information content (AvgIpc) is 2.39. The highest BCUT2D eigenvalue weighted by Gasteiger charge is 2.17. The summed E-state index contributed by atoms with van der Waals surface area (Å²) in [4.78, 5) is 8.60. The SMILES string of the molecule is CCCNc1ncnc(OCCC2CCC2)c1CC. The molecule has 19 heavy (non-hydrogen) atoms. The minimum absolute atomic E-state index is 0.760. The average molecular weight is 263 g/mol. The van der Waals surface area contributed by atoms with E-state index in [2.05, 4.69) is 29.1 Å². The van der Waals surface area contributed by atoms with E-state index < -0.39 is 0 Å². The van der Waals surface area contributed by atoms with Gasteiger partial charge in [-0.05, 0) is 25.2 Å². The lowest BCUT2D eigenvalue weighted by Crippen LogP contribution is -2.15. The summed E-state index contributed by atoms with van der Waals surface area (Å²) in [5.41, 5.74) is 1.10. The van der Waals surface area contributed by atoms with Crippen molar-refractivity contribution >= 4 is 5.82 Å². The Morgan fingerprint density at radius 1 is 1.32 bits per heavy atom. The highest BCUT2D eigenvalue weighted by molar-refractivity contribution is 5.48. The first-order valence-corrected chi connectivity index (χ1v) is 7.55. The van der Waals surface area contributed by atoms with Crippen molar-refractivity contribution in [3.63, 3.8) is 0 Å². The largest absolute Gasteiger partial charge is 0.477 e. The van der Waals surface area contributed by atoms with E-state index in [1.54, 1.807) is 6.33 Å². The first-order valence-electron chi connectivity index (χ1n) is 7.55. The summed E-state index contributed by atoms with van der Waals surface area (Å²) in [7, 11) is 0. The van der Waals surface area contributed by atoms with Crippen molar-refractivity contribution in [2.75, 3.05) is 18.5 Å². The van der Waals surface area contributed by atoms with Crippen LogP contribution < -0.4 is 10.1 Å². The van der Waals surface area contributed by atoms with Crippen molar-refractivity contribution in [1.29, 1.82) is 0 Å². The second-order valence-corrected chi connectivity index (χ2v) is 5.22. The zero-order chi connectivity index (χ0) is 13.5. The molecule has 0 radical (unpaired) electrons. The molecule has 0 saturated heterocycles. The third kappa shape index (κ3) is 3.82. The van der Waals surface area contributed by atoms with Gasteiger partial charge in [-0.15, -0.1) is 0 Å². The molecule has 0 spiro atoms. The Kier molecular flexibility index (Phi) is 5.43. The summed E-state index contributed by atoms with van der Waals surface area (Å²) in [5, 5.41) is 3.34. The first-order chi connectivity index (χ1) is 9.35. The molecule has 1 fully saturated rings. The van der Waals surface area contributed by atoms with Crippen LogP contribution in [0.1, 0.15) is 51.5 Å². The van der Waals surface area contributed by atoms with Gasteiger partial charge in [-0.25, -0.2) is 9.97 Å². The second kappa shape index (κ2) is 7.31. The number of nitrogens with one attached hydrogen (secondary N) is 1. The van der Waals surface area contributed by atoms with Gasteiger partial charge in [0.05, 0.1) is 12.2 Å². The van der Waals surface area contributed by atoms with Gasteiger partial charge in [0.1, 0.15) is 12.1 Å². The molecule has 1 aliphatic carbocycles. The maximum absolute atomic E-state index is 5.86. The number of ether oxygens (including phenoxy) is 1. The predicted octanol–water partition coefficient (Wildman–Crippen LogP) is 3.43. The molecule has 1 saturated carbocycles. The van der Waals surface area contributed by atoms with E-state index in [1.165, 1.54) is 19.3 Å². The second-order valence-electron chi connectivity index (χ2n) is 5.22. The van der Waals surface area contributed by atoms with E-state index in [0.717, 1.165) is 55.6 Å². The predicted molar refractivity (Wildman–Crippen MR) is 77.6 cm³/mol. The van der Waals surface area contributed by atoms with Crippen LogP contribution in [-0.4, -0.2) is 23.1 Å². The fourth-order valence-electron chi connectivity index (χ4n) is 2.34. The third-order valence-electron chi connectivity index (χ3n) is 3.79. The van der Waals surface area contributed by atoms with Crippen molar-refractivity contribution < 1.29 is 4.74 Å². The summed E-state index contributed by atoms with van der Waals surface area (Å²) in [5.74, 6) is 2.57. The number of anilines is 1. The van der Waals surface area contributed by atoms with Crippen molar-refractivity contribution in [3.05, 3.63) is 11.9 Å². The van der Waals surface area contributed by atoms with Crippen LogP contribution in [0.3, 0.4) is 0 Å². The van der Waals surface area contributed by atoms with Crippen molar-refractivity contribution in [1.82, 2.24) is 9.97 Å². The zero-order valence-corrected chi connectivity index (χ0v) is 12.1. The molecule has 0 aromatic carbocycles. The van der Waals surface area contributed by atoms with Crippen LogP contribution in [0, 0.1) is 5.92 Å². The normalized spacial score (nSPS) is 15.1. The van der Waals surface area contributed by atoms with Crippen LogP contribution in [0.25, 0.3) is 0 Å². The molecule has 0 bridgehead atoms. The monoisotopic (exact) mass is 263 g/mol. The molecule has 106 valence electrons. The highest BCUT2D eigenvalue weighted by atomic mass is 16.5. The maximum Gasteiger partial charge on any atom is 0.221 e. The Labute approximate surface area is 116 Å². The van der Waals surface area contributed by atoms with Crippen LogP contribution >= 0.6 is 0 Å². The van der Waals surface area contributed by atoms with Gasteiger partial charge in [-0.1, -0.05) is 33.1 Å². The standard InChI is InChI=1S/C15H25N3O/c1-3-9-16-14-13(4-2)15(18-11-17-14)19-10-8-12-6-5-7-12/h11-12H,3-10H2,1-2H3,(H,16,17,18). The van der Waals surface area contributed by atoms with Crippen molar-refractivity contribution in [2.45, 2.75) is 52.4 Å². The van der Waals surface area contributed by atoms with Gasteiger partial charge in [-0.2, -0.15) is 0 Å². The Morgan fingerprint density at radius 3 is 2.79 bits per heavy atom. The summed E-state index contributed by atoms with van der Waals surface area (Å²) in [6.07, 6.45) is 8.87. The Balaban J connectivity index is 1.93. The smallest absolute Gasteiger partial charge is 0.221 e. The summed E-state index contributed by atoms with van der Waals surface area (Å²) < 4.78 is 5.86. The van der Waals surface area contributed by atoms with Gasteiger partial charge in [0.2, 0.25) is 5.88 Å². The molecule has 1 N–H and O–H groups in total. The van der Waals surface area contributed by atoms with E-state index in [9.17, 15) is 0 Å². The van der Waals surface area contributed by atoms with Crippen molar-refractivity contribution in [2.24, 2.45) is 5.92 Å². The molecular formula is C15H25N3O. The highest BCUT2D eigenvalue weighted by Crippen LogP contribution is 2.30. The summed E-state index contributed by atoms with van der Waals surface area (Å²) in [6, 6.07) is 0. The number of hydrogen-bond donors (Lipinski definition) is 1. The molecule has 1 aliphatic rings. The molecule has 4 heteroatoms. The molecular weight excluding hydrogens is 238 g/mol. The Hall–Kier alpha value is -1.32. The van der Waals surface area contributed by atoms with Crippen LogP contribution in [-0.2, 0) is 6.42 Å². The molecule has 0 atom stereocenters. The fourth-order valence-corrected chi connectivity index (χ4v) is 2.34. The van der Waals surface area contributed by atoms with Gasteiger partial charge in [0.25, 0.3) is 0 Å². The molecule has 1 heterocycles. The van der Waals surface area contributed by atoms with Gasteiger partial charge in [0, 0.05) is 6.54 Å². The summed E-state index contributed by atoms with van der Waals surface area (Å²) >= 11 is 0. The number of rotatable bonds is 8. The van der Waals surface area contributed by atoms with E-state index in [-0.39, 0.29) is 0 Å². The molecule has 0 aliphatic heterocycles. The minimum atomic E-state index is 0.760. The zero-order valence-electron chi connectivity index (χ0n) is 12.1. The van der Waals surface area contributed by atoms with Crippen LogP contribution in [0.5, 0.6) is 5.88 Å². The molecule has 4 nitrogen and oxygen atoms in total. The number of aromatic nitrogens is 2. The molecule has 0 unspecified atom stereocenters. The van der Waals surface area contributed by atoms with Crippen LogP contribution in [0.4, 0.5) is 5.82 Å². The van der Waals surface area contributed by atoms with Gasteiger partial charge in [0.15, 0.2) is 0 Å². The Bertz CT molecular complexity index is 391. The van der Waals surface area contributed by atoms with Gasteiger partial charge >= 0.3 is 0 Å². The molecule has 1 aromatic heterocycles. The Morgan fingerprint density at radius 2 is 2.16 bits per heavy atom. The van der Waals surface area contributed by atoms with E-state index >= 15 is 0 Å². The minimum Gasteiger partial charge on any atom is -0.477 e. The van der Waals surface area contributed by atoms with Gasteiger partial charge < -0.3 is 10.1 Å². The molecule has 2 rings (SSSR count). The first kappa shape index (κ1) is 14.1. The molecule has 0 amide bonds. The lowest BCUT2D eigenvalue weighted by atomic mass is 9.83. The van der Waals surface area contributed by atoms with E-state index in [0.29, 0.717) is 0 Å². The maximum atomic E-state index is 5.86. The lowest BCUT2D eigenvalue weighted by molar-refractivity contribution is 0.216. The van der Waals surface area contributed by atoms with Crippen LogP contribution in [0.15, 0.2) is 6.33 Å². The quantitative estimate of drug-likeness (QED) is 0.780. The fraction of sp³-hybridized carbons (Fsp3) is 0.733. The lowest BCUT2D eigenvalue weighted by Gasteiger charge is -2.25. The third-order valence-corrected chi connectivity index (χ3v) is 3.79. The van der Waals surface area contributed by atoms with Crippen molar-refractivity contribution in [3.8, 4) is 5.88 Å². The van der Waals surface area contributed by atoms with Crippen LogP contribution in [0.2, 0.25) is 0 Å². The van der Waals surface area contributed by atoms with Gasteiger partial charge in [-0.3, -0.25) is 0 Å².